The lowest BCUT2D eigenvalue weighted by Crippen LogP contribution is -2.41. The summed E-state index contributed by atoms with van der Waals surface area (Å²) in [5.74, 6) is 1.77. The smallest absolute Gasteiger partial charge is 0.224 e. The first kappa shape index (κ1) is 16.5. The lowest BCUT2D eigenvalue weighted by molar-refractivity contribution is -0.124. The zero-order valence-corrected chi connectivity index (χ0v) is 14.7. The van der Waals surface area contributed by atoms with E-state index in [1.165, 1.54) is 24.0 Å². The molecule has 2 fully saturated rings. The van der Waals surface area contributed by atoms with Crippen LogP contribution in [0.5, 0.6) is 0 Å². The summed E-state index contributed by atoms with van der Waals surface area (Å²) in [6.45, 7) is 6.70. The Balaban J connectivity index is 1.78. The van der Waals surface area contributed by atoms with Crippen LogP contribution in [0, 0.1) is 30.1 Å². The monoisotopic (exact) mass is 314 g/mol. The van der Waals surface area contributed by atoms with Crippen LogP contribution in [0.2, 0.25) is 0 Å². The van der Waals surface area contributed by atoms with E-state index >= 15 is 0 Å². The number of amides is 1. The number of aryl methyl sites for hydroxylation is 1. The molecule has 1 amide bonds. The van der Waals surface area contributed by atoms with Gasteiger partial charge in [-0.2, -0.15) is 0 Å². The van der Waals surface area contributed by atoms with Crippen molar-refractivity contribution in [3.05, 3.63) is 35.4 Å². The van der Waals surface area contributed by atoms with Gasteiger partial charge in [0.2, 0.25) is 5.91 Å². The highest BCUT2D eigenvalue weighted by atomic mass is 16.1. The molecule has 3 nitrogen and oxygen atoms in total. The maximum absolute atomic E-state index is 12.3. The number of hydrogen-bond donors (Lipinski definition) is 1. The van der Waals surface area contributed by atoms with Crippen molar-refractivity contribution in [3.63, 3.8) is 0 Å². The minimum atomic E-state index is -0.290. The second kappa shape index (κ2) is 6.27. The van der Waals surface area contributed by atoms with E-state index in [-0.39, 0.29) is 11.3 Å². The highest BCUT2D eigenvalue weighted by Gasteiger charge is 2.62. The average Bonchev–Trinajstić information content (AvgIpc) is 3.22. The largest absolute Gasteiger partial charge is 0.369 e. The number of primary amides is 1. The van der Waals surface area contributed by atoms with E-state index in [2.05, 4.69) is 50.1 Å². The molecule has 1 saturated carbocycles. The van der Waals surface area contributed by atoms with Gasteiger partial charge in [-0.1, -0.05) is 43.2 Å². The van der Waals surface area contributed by atoms with Gasteiger partial charge in [0.25, 0.3) is 0 Å². The summed E-state index contributed by atoms with van der Waals surface area (Å²) in [5.41, 5.74) is 8.10. The number of rotatable bonds is 5. The highest BCUT2D eigenvalue weighted by molar-refractivity contribution is 5.84. The topological polar surface area (TPSA) is 46.3 Å². The molecule has 2 aliphatic rings. The average molecular weight is 314 g/mol. The molecule has 0 spiro atoms. The number of likely N-dealkylation sites (tertiary alicyclic amines) is 1. The third-order valence-electron chi connectivity index (χ3n) is 6.26. The van der Waals surface area contributed by atoms with Gasteiger partial charge in [0.1, 0.15) is 0 Å². The molecule has 1 aromatic rings. The van der Waals surface area contributed by atoms with Crippen LogP contribution >= 0.6 is 0 Å². The quantitative estimate of drug-likeness (QED) is 0.908. The highest BCUT2D eigenvalue weighted by Crippen LogP contribution is 2.61. The van der Waals surface area contributed by atoms with Gasteiger partial charge >= 0.3 is 0 Å². The van der Waals surface area contributed by atoms with Crippen LogP contribution < -0.4 is 5.73 Å². The number of nitrogens with two attached hydrogens (primary N) is 1. The van der Waals surface area contributed by atoms with E-state index in [9.17, 15) is 4.79 Å². The Bertz CT molecular complexity index is 585. The van der Waals surface area contributed by atoms with Crippen LogP contribution in [-0.2, 0) is 11.2 Å². The number of hydrogen-bond acceptors (Lipinski definition) is 2. The Morgan fingerprint density at radius 2 is 2.22 bits per heavy atom. The summed E-state index contributed by atoms with van der Waals surface area (Å²) in [6.07, 6.45) is 4.21. The van der Waals surface area contributed by atoms with Gasteiger partial charge in [-0.05, 0) is 63.1 Å². The maximum Gasteiger partial charge on any atom is 0.224 e. The Kier molecular flexibility index (Phi) is 4.50. The second-order valence-electron chi connectivity index (χ2n) is 7.88. The fourth-order valence-corrected chi connectivity index (χ4v) is 4.85. The normalized spacial score (nSPS) is 34.3. The SMILES string of the molecule is CC[C@@H]1CN(C)CC[C@H]1C1CC1(Cc1cccc(C)c1)C(N)=O. The molecule has 3 heteroatoms. The molecule has 2 unspecified atom stereocenters. The van der Waals surface area contributed by atoms with Gasteiger partial charge in [0.05, 0.1) is 5.41 Å². The number of nitrogens with zero attached hydrogens (tertiary/aromatic N) is 1. The van der Waals surface area contributed by atoms with Crippen molar-refractivity contribution in [2.75, 3.05) is 20.1 Å². The predicted octanol–water partition coefficient (Wildman–Crippen LogP) is 3.01. The first-order chi connectivity index (χ1) is 11.0. The molecular weight excluding hydrogens is 284 g/mol. The Morgan fingerprint density at radius 1 is 1.43 bits per heavy atom. The molecule has 0 bridgehead atoms. The van der Waals surface area contributed by atoms with Crippen LogP contribution in [0.3, 0.4) is 0 Å². The molecule has 0 radical (unpaired) electrons. The third kappa shape index (κ3) is 3.16. The number of carbonyl (C=O) groups excluding carboxylic acids is 1. The standard InChI is InChI=1S/C20H30N2O/c1-4-16-13-22(3)9-8-17(16)18-12-20(18,19(21)23)11-15-7-5-6-14(2)10-15/h5-7,10,16-18H,4,8-9,11-13H2,1-3H3,(H2,21,23)/t16-,17-,18?,20?/m1/s1. The van der Waals surface area contributed by atoms with Gasteiger partial charge in [-0.25, -0.2) is 0 Å². The summed E-state index contributed by atoms with van der Waals surface area (Å²) < 4.78 is 0. The number of piperidine rings is 1. The van der Waals surface area contributed by atoms with Crippen molar-refractivity contribution in [1.82, 2.24) is 4.90 Å². The van der Waals surface area contributed by atoms with Crippen molar-refractivity contribution in [3.8, 4) is 0 Å². The van der Waals surface area contributed by atoms with Gasteiger partial charge in [0.15, 0.2) is 0 Å². The molecular formula is C20H30N2O. The lowest BCUT2D eigenvalue weighted by atomic mass is 9.77. The molecule has 23 heavy (non-hydrogen) atoms. The lowest BCUT2D eigenvalue weighted by Gasteiger charge is -2.37. The van der Waals surface area contributed by atoms with Crippen LogP contribution in [0.15, 0.2) is 24.3 Å². The zero-order chi connectivity index (χ0) is 16.6. The zero-order valence-electron chi connectivity index (χ0n) is 14.7. The Labute approximate surface area is 140 Å². The first-order valence-corrected chi connectivity index (χ1v) is 9.00. The molecule has 1 aromatic carbocycles. The summed E-state index contributed by atoms with van der Waals surface area (Å²) in [4.78, 5) is 14.7. The summed E-state index contributed by atoms with van der Waals surface area (Å²) >= 11 is 0. The van der Waals surface area contributed by atoms with Crippen molar-refractivity contribution < 1.29 is 4.79 Å². The van der Waals surface area contributed by atoms with E-state index in [0.717, 1.165) is 25.9 Å². The van der Waals surface area contributed by atoms with E-state index < -0.39 is 0 Å². The first-order valence-electron chi connectivity index (χ1n) is 9.00. The molecule has 1 aliphatic heterocycles. The fraction of sp³-hybridized carbons (Fsp3) is 0.650. The molecule has 1 heterocycles. The van der Waals surface area contributed by atoms with Gasteiger partial charge in [0, 0.05) is 6.54 Å². The van der Waals surface area contributed by atoms with E-state index in [1.807, 2.05) is 0 Å². The summed E-state index contributed by atoms with van der Waals surface area (Å²) in [7, 11) is 2.21. The van der Waals surface area contributed by atoms with Crippen LogP contribution in [0.4, 0.5) is 0 Å². The van der Waals surface area contributed by atoms with Crippen molar-refractivity contribution in [2.45, 2.75) is 39.5 Å². The molecule has 0 aromatic heterocycles. The molecule has 4 atom stereocenters. The number of benzene rings is 1. The van der Waals surface area contributed by atoms with Crippen LogP contribution in [0.25, 0.3) is 0 Å². The van der Waals surface area contributed by atoms with Gasteiger partial charge < -0.3 is 10.6 Å². The van der Waals surface area contributed by atoms with Crippen LogP contribution in [0.1, 0.15) is 37.3 Å². The number of carbonyl (C=O) groups is 1. The van der Waals surface area contributed by atoms with Crippen LogP contribution in [-0.4, -0.2) is 30.9 Å². The van der Waals surface area contributed by atoms with E-state index in [4.69, 9.17) is 5.73 Å². The second-order valence-corrected chi connectivity index (χ2v) is 7.88. The maximum atomic E-state index is 12.3. The van der Waals surface area contributed by atoms with Crippen molar-refractivity contribution in [1.29, 1.82) is 0 Å². The summed E-state index contributed by atoms with van der Waals surface area (Å²) in [6, 6.07) is 8.53. The molecule has 1 saturated heterocycles. The van der Waals surface area contributed by atoms with Crippen molar-refractivity contribution in [2.24, 2.45) is 28.9 Å². The minimum absolute atomic E-state index is 0.0854. The van der Waals surface area contributed by atoms with E-state index in [1.54, 1.807) is 0 Å². The molecule has 3 rings (SSSR count). The molecule has 126 valence electrons. The predicted molar refractivity (Wildman–Crippen MR) is 94.0 cm³/mol. The molecule has 1 aliphatic carbocycles. The summed E-state index contributed by atoms with van der Waals surface area (Å²) in [5, 5.41) is 0. The van der Waals surface area contributed by atoms with Gasteiger partial charge in [-0.3, -0.25) is 4.79 Å². The third-order valence-corrected chi connectivity index (χ3v) is 6.26. The van der Waals surface area contributed by atoms with E-state index in [0.29, 0.717) is 17.8 Å². The fourth-order valence-electron chi connectivity index (χ4n) is 4.85. The van der Waals surface area contributed by atoms with Gasteiger partial charge in [-0.15, -0.1) is 0 Å². The van der Waals surface area contributed by atoms with Crippen molar-refractivity contribution >= 4 is 5.91 Å². The Hall–Kier alpha value is -1.35. The minimum Gasteiger partial charge on any atom is -0.369 e. The molecule has 2 N–H and O–H groups in total. The Morgan fingerprint density at radius 3 is 2.87 bits per heavy atom.